The Hall–Kier alpha value is -3.28. The molecule has 3 aromatic rings. The Balaban J connectivity index is 0. The summed E-state index contributed by atoms with van der Waals surface area (Å²) in [4.78, 5) is 24.5. The lowest BCUT2D eigenvalue weighted by molar-refractivity contribution is -0.106. The van der Waals surface area contributed by atoms with Gasteiger partial charge in [0.15, 0.2) is 0 Å². The molecule has 0 radical (unpaired) electrons. The molecule has 0 aliphatic heterocycles. The van der Waals surface area contributed by atoms with Crippen molar-refractivity contribution in [1.82, 2.24) is 4.98 Å². The number of aromatic amines is 1. The van der Waals surface area contributed by atoms with Crippen LogP contribution in [-0.4, -0.2) is 87.4 Å². The monoisotopic (exact) mass is 578 g/mol. The number of hydrogen-bond acceptors (Lipinski definition) is 8. The first-order chi connectivity index (χ1) is 20.1. The topological polar surface area (TPSA) is 139 Å². The molecule has 232 valence electrons. The Bertz CT molecular complexity index is 1020. The number of aliphatic hydroxyl groups excluding tert-OH is 2. The average molecular weight is 579 g/mol. The zero-order chi connectivity index (χ0) is 31.3. The fourth-order valence-corrected chi connectivity index (χ4v) is 3.03. The lowest BCUT2D eigenvalue weighted by Crippen LogP contribution is -2.13. The van der Waals surface area contributed by atoms with Crippen LogP contribution in [0, 0.1) is 6.92 Å². The van der Waals surface area contributed by atoms with Gasteiger partial charge in [0, 0.05) is 23.7 Å². The molecule has 0 aliphatic rings. The molecule has 2 aromatic carbocycles. The first-order valence-corrected chi connectivity index (χ1v) is 13.9. The Morgan fingerprint density at radius 3 is 1.88 bits per heavy atom. The molecule has 10 nitrogen and oxygen atoms in total. The second-order valence-electron chi connectivity index (χ2n) is 7.40. The van der Waals surface area contributed by atoms with Crippen molar-refractivity contribution in [2.45, 2.75) is 41.5 Å². The molecule has 0 saturated carbocycles. The number of amides is 1. The van der Waals surface area contributed by atoms with E-state index >= 15 is 0 Å². The predicted molar refractivity (Wildman–Crippen MR) is 165 cm³/mol. The summed E-state index contributed by atoms with van der Waals surface area (Å²) in [7, 11) is 1.00. The Morgan fingerprint density at radius 2 is 1.34 bits per heavy atom. The van der Waals surface area contributed by atoms with E-state index in [1.165, 1.54) is 6.92 Å². The van der Waals surface area contributed by atoms with E-state index in [0.29, 0.717) is 63.4 Å². The Labute approximate surface area is 245 Å². The van der Waals surface area contributed by atoms with E-state index in [4.69, 9.17) is 34.0 Å². The van der Waals surface area contributed by atoms with Crippen molar-refractivity contribution in [3.8, 4) is 5.75 Å². The van der Waals surface area contributed by atoms with Crippen LogP contribution in [0.5, 0.6) is 5.75 Å². The number of aromatic nitrogens is 1. The number of nitrogens with one attached hydrogen (secondary N) is 2. The van der Waals surface area contributed by atoms with Gasteiger partial charge in [-0.05, 0) is 56.3 Å². The van der Waals surface area contributed by atoms with Gasteiger partial charge in [-0.1, -0.05) is 39.3 Å². The van der Waals surface area contributed by atoms with Gasteiger partial charge in [-0.3, -0.25) is 4.79 Å². The number of aliphatic hydroxyl groups is 2. The summed E-state index contributed by atoms with van der Waals surface area (Å²) in [6, 6.07) is 15.1. The van der Waals surface area contributed by atoms with E-state index in [0.717, 1.165) is 29.9 Å². The number of aldehydes is 1. The van der Waals surface area contributed by atoms with Crippen molar-refractivity contribution < 1.29 is 38.7 Å². The fourth-order valence-electron chi connectivity index (χ4n) is 3.03. The standard InChI is InChI=1S/C24H30N2O6.C2H4O.2C2H6.CH4O/c1-18-2-7-22-19(16-18)17-23(26-22)24(28)25-20-3-5-21(6-4-20)32-15-14-31-13-12-30-11-10-29-9-8-27;1-2-3;3*1-2/h2-7,16-17,26-27H,8-15H2,1H3,(H,25,28);2H,1H3;2*1-2H3;2H,1H3. The second-order valence-corrected chi connectivity index (χ2v) is 7.40. The summed E-state index contributed by atoms with van der Waals surface area (Å²) in [6.07, 6.45) is 0.750. The van der Waals surface area contributed by atoms with Gasteiger partial charge >= 0.3 is 0 Å². The molecule has 1 aromatic heterocycles. The van der Waals surface area contributed by atoms with E-state index < -0.39 is 0 Å². The zero-order valence-corrected chi connectivity index (χ0v) is 25.7. The molecule has 0 saturated heterocycles. The van der Waals surface area contributed by atoms with Crippen LogP contribution in [0.3, 0.4) is 0 Å². The maximum atomic E-state index is 12.5. The van der Waals surface area contributed by atoms with E-state index in [2.05, 4.69) is 10.3 Å². The van der Waals surface area contributed by atoms with Crippen LogP contribution in [0.1, 0.15) is 50.7 Å². The van der Waals surface area contributed by atoms with Gasteiger partial charge in [-0.2, -0.15) is 0 Å². The lowest BCUT2D eigenvalue weighted by atomic mass is 10.2. The first-order valence-electron chi connectivity index (χ1n) is 13.9. The summed E-state index contributed by atoms with van der Waals surface area (Å²) in [5.41, 5.74) is 3.29. The number of anilines is 1. The van der Waals surface area contributed by atoms with Gasteiger partial charge in [0.25, 0.3) is 5.91 Å². The van der Waals surface area contributed by atoms with E-state index in [1.807, 2.05) is 58.9 Å². The summed E-state index contributed by atoms with van der Waals surface area (Å²) >= 11 is 0. The molecule has 1 amide bonds. The van der Waals surface area contributed by atoms with Gasteiger partial charge in [0.1, 0.15) is 24.3 Å². The number of aryl methyl sites for hydroxylation is 1. The molecule has 3 rings (SSSR count). The number of fused-ring (bicyclic) bond motifs is 1. The average Bonchev–Trinajstić information content (AvgIpc) is 3.44. The number of ether oxygens (including phenoxy) is 4. The molecule has 1 heterocycles. The normalized spacial score (nSPS) is 9.39. The van der Waals surface area contributed by atoms with Crippen molar-refractivity contribution in [3.05, 3.63) is 59.8 Å². The van der Waals surface area contributed by atoms with Crippen molar-refractivity contribution >= 4 is 28.8 Å². The molecule has 4 N–H and O–H groups in total. The number of rotatable bonds is 14. The van der Waals surface area contributed by atoms with E-state index in [1.54, 1.807) is 24.3 Å². The first kappa shape index (κ1) is 39.9. The molecular formula is C31H50N2O8. The third-order valence-corrected chi connectivity index (χ3v) is 4.61. The molecule has 0 bridgehead atoms. The lowest BCUT2D eigenvalue weighted by Gasteiger charge is -2.09. The van der Waals surface area contributed by atoms with Crippen molar-refractivity contribution in [2.75, 3.05) is 65.3 Å². The minimum absolute atomic E-state index is 0.0191. The SMILES string of the molecule is CC.CC.CC=O.CO.Cc1ccc2[nH]c(C(=O)Nc3ccc(OCCOCCOCCOCCO)cc3)cc2c1. The van der Waals surface area contributed by atoms with Crippen molar-refractivity contribution in [2.24, 2.45) is 0 Å². The maximum Gasteiger partial charge on any atom is 0.272 e. The zero-order valence-electron chi connectivity index (χ0n) is 25.7. The fraction of sp³-hybridized carbons (Fsp3) is 0.484. The highest BCUT2D eigenvalue weighted by molar-refractivity contribution is 6.06. The number of benzene rings is 2. The third-order valence-electron chi connectivity index (χ3n) is 4.61. The van der Waals surface area contributed by atoms with Crippen LogP contribution >= 0.6 is 0 Å². The Kier molecular flexibility index (Phi) is 27.5. The number of carbonyl (C=O) groups is 2. The molecule has 0 atom stereocenters. The second kappa shape index (κ2) is 28.3. The molecule has 41 heavy (non-hydrogen) atoms. The van der Waals surface area contributed by atoms with Crippen LogP contribution in [0.15, 0.2) is 48.5 Å². The van der Waals surface area contributed by atoms with Gasteiger partial charge in [-0.15, -0.1) is 0 Å². The van der Waals surface area contributed by atoms with Crippen LogP contribution in [0.2, 0.25) is 0 Å². The molecular weight excluding hydrogens is 528 g/mol. The number of hydrogen-bond donors (Lipinski definition) is 4. The van der Waals surface area contributed by atoms with E-state index in [-0.39, 0.29) is 12.5 Å². The summed E-state index contributed by atoms with van der Waals surface area (Å²) in [6.45, 7) is 14.6. The minimum Gasteiger partial charge on any atom is -0.491 e. The molecule has 0 spiro atoms. The van der Waals surface area contributed by atoms with Crippen LogP contribution < -0.4 is 10.1 Å². The third kappa shape index (κ3) is 18.6. The van der Waals surface area contributed by atoms with Crippen molar-refractivity contribution in [3.63, 3.8) is 0 Å². The van der Waals surface area contributed by atoms with E-state index in [9.17, 15) is 4.79 Å². The highest BCUT2D eigenvalue weighted by atomic mass is 16.6. The van der Waals surface area contributed by atoms with Gasteiger partial charge < -0.3 is 44.3 Å². The smallest absolute Gasteiger partial charge is 0.272 e. The number of carbonyl (C=O) groups excluding carboxylic acids is 2. The largest absolute Gasteiger partial charge is 0.491 e. The highest BCUT2D eigenvalue weighted by Crippen LogP contribution is 2.19. The summed E-state index contributed by atoms with van der Waals surface area (Å²) < 4.78 is 21.5. The van der Waals surface area contributed by atoms with Crippen LogP contribution in [0.4, 0.5) is 5.69 Å². The van der Waals surface area contributed by atoms with Crippen LogP contribution in [0.25, 0.3) is 10.9 Å². The Morgan fingerprint density at radius 1 is 0.829 bits per heavy atom. The maximum absolute atomic E-state index is 12.5. The summed E-state index contributed by atoms with van der Waals surface area (Å²) in [5.74, 6) is 0.507. The van der Waals surface area contributed by atoms with Crippen molar-refractivity contribution in [1.29, 1.82) is 0 Å². The summed E-state index contributed by atoms with van der Waals surface area (Å²) in [5, 5.41) is 19.5. The molecule has 0 unspecified atom stereocenters. The van der Waals surface area contributed by atoms with Gasteiger partial charge in [0.2, 0.25) is 0 Å². The highest BCUT2D eigenvalue weighted by Gasteiger charge is 2.10. The number of H-pyrrole nitrogens is 1. The molecule has 0 fully saturated rings. The minimum atomic E-state index is -0.192. The quantitative estimate of drug-likeness (QED) is 0.155. The predicted octanol–water partition coefficient (Wildman–Crippen LogP) is 5.02. The van der Waals surface area contributed by atoms with Gasteiger partial charge in [-0.25, -0.2) is 0 Å². The van der Waals surface area contributed by atoms with Crippen LogP contribution in [-0.2, 0) is 19.0 Å². The molecule has 10 heteroatoms. The van der Waals surface area contributed by atoms with Gasteiger partial charge in [0.05, 0.1) is 46.2 Å². The molecule has 0 aliphatic carbocycles.